The smallest absolute Gasteiger partial charge is 0.415 e. The molecule has 0 atom stereocenters. The van der Waals surface area contributed by atoms with Crippen molar-refractivity contribution in [3.8, 4) is 0 Å². The molecule has 0 radical (unpaired) electrons. The molecule has 1 fully saturated rings. The molecule has 2 heterocycles. The summed E-state index contributed by atoms with van der Waals surface area (Å²) in [6.07, 6.45) is -0.242. The lowest BCUT2D eigenvalue weighted by atomic mass is 10.5. The summed E-state index contributed by atoms with van der Waals surface area (Å²) in [5.74, 6) is 0. The number of thiophene rings is 1. The second-order valence-corrected chi connectivity index (χ2v) is 4.84. The number of halogens is 1. The highest BCUT2D eigenvalue weighted by Gasteiger charge is 2.25. The fourth-order valence-electron chi connectivity index (χ4n) is 1.17. The third-order valence-electron chi connectivity index (χ3n) is 1.87. The highest BCUT2D eigenvalue weighted by Crippen LogP contribution is 2.34. The van der Waals surface area contributed by atoms with Gasteiger partial charge in [-0.1, -0.05) is 0 Å². The van der Waals surface area contributed by atoms with Gasteiger partial charge in [0.15, 0.2) is 0 Å². The minimum Gasteiger partial charge on any atom is -0.447 e. The highest BCUT2D eigenvalue weighted by atomic mass is 79.9. The number of amides is 1. The number of rotatable bonds is 1. The molecule has 1 aliphatic rings. The summed E-state index contributed by atoms with van der Waals surface area (Å²) in [5.41, 5.74) is 0. The monoisotopic (exact) mass is 261 g/mol. The van der Waals surface area contributed by atoms with Gasteiger partial charge in [0, 0.05) is 9.35 Å². The Hall–Kier alpha value is -0.550. The number of hydrogen-bond acceptors (Lipinski definition) is 3. The summed E-state index contributed by atoms with van der Waals surface area (Å²) in [6.45, 7) is 3.16. The minimum atomic E-state index is -0.242. The van der Waals surface area contributed by atoms with Crippen molar-refractivity contribution >= 4 is 38.4 Å². The van der Waals surface area contributed by atoms with Crippen LogP contribution in [-0.4, -0.2) is 19.2 Å². The molecule has 0 aliphatic carbocycles. The molecule has 1 saturated heterocycles. The average Bonchev–Trinajstić information content (AvgIpc) is 2.60. The fraction of sp³-hybridized carbons (Fsp3) is 0.375. The maximum absolute atomic E-state index is 11.2. The molecular formula is C8H8BrNO2S. The Morgan fingerprint density at radius 3 is 2.92 bits per heavy atom. The standard InChI is InChI=1S/C8H8BrNO2S/c1-5-6(9)4-7(13-5)10-2-3-12-8(10)11/h4H,2-3H2,1H3. The van der Waals surface area contributed by atoms with E-state index in [4.69, 9.17) is 4.74 Å². The van der Waals surface area contributed by atoms with Gasteiger partial charge in [-0.15, -0.1) is 11.3 Å². The van der Waals surface area contributed by atoms with E-state index < -0.39 is 0 Å². The molecule has 1 aromatic rings. The highest BCUT2D eigenvalue weighted by molar-refractivity contribution is 9.10. The van der Waals surface area contributed by atoms with E-state index in [0.29, 0.717) is 13.2 Å². The van der Waals surface area contributed by atoms with Crippen LogP contribution in [0.25, 0.3) is 0 Å². The lowest BCUT2D eigenvalue weighted by molar-refractivity contribution is 0.181. The second kappa shape index (κ2) is 3.31. The molecular weight excluding hydrogens is 254 g/mol. The van der Waals surface area contributed by atoms with Crippen LogP contribution in [-0.2, 0) is 4.74 Å². The first-order valence-corrected chi connectivity index (χ1v) is 5.49. The summed E-state index contributed by atoms with van der Waals surface area (Å²) in [5, 5.41) is 0.951. The van der Waals surface area contributed by atoms with Crippen LogP contribution in [0, 0.1) is 6.92 Å². The third kappa shape index (κ3) is 1.58. The van der Waals surface area contributed by atoms with Crippen LogP contribution in [0.15, 0.2) is 10.5 Å². The van der Waals surface area contributed by atoms with Gasteiger partial charge in [-0.05, 0) is 28.9 Å². The van der Waals surface area contributed by atoms with E-state index in [2.05, 4.69) is 15.9 Å². The lowest BCUT2D eigenvalue weighted by Gasteiger charge is -2.07. The van der Waals surface area contributed by atoms with Crippen molar-refractivity contribution in [2.75, 3.05) is 18.1 Å². The van der Waals surface area contributed by atoms with Crippen molar-refractivity contribution < 1.29 is 9.53 Å². The quantitative estimate of drug-likeness (QED) is 0.778. The molecule has 5 heteroatoms. The Balaban J connectivity index is 2.29. The van der Waals surface area contributed by atoms with Crippen molar-refractivity contribution in [1.82, 2.24) is 0 Å². The zero-order chi connectivity index (χ0) is 9.42. The Morgan fingerprint density at radius 1 is 1.69 bits per heavy atom. The normalized spacial score (nSPS) is 16.5. The van der Waals surface area contributed by atoms with Gasteiger partial charge >= 0.3 is 6.09 Å². The molecule has 0 unspecified atom stereocenters. The van der Waals surface area contributed by atoms with E-state index in [1.165, 1.54) is 4.88 Å². The topological polar surface area (TPSA) is 29.5 Å². The van der Waals surface area contributed by atoms with E-state index in [1.54, 1.807) is 16.2 Å². The molecule has 1 aliphatic heterocycles. The van der Waals surface area contributed by atoms with E-state index >= 15 is 0 Å². The average molecular weight is 262 g/mol. The number of carbonyl (C=O) groups excluding carboxylic acids is 1. The van der Waals surface area contributed by atoms with E-state index in [-0.39, 0.29) is 6.09 Å². The fourth-order valence-corrected chi connectivity index (χ4v) is 2.71. The molecule has 70 valence electrons. The van der Waals surface area contributed by atoms with Gasteiger partial charge in [0.25, 0.3) is 0 Å². The number of hydrogen-bond donors (Lipinski definition) is 0. The predicted molar refractivity (Wildman–Crippen MR) is 55.5 cm³/mol. The third-order valence-corrected chi connectivity index (χ3v) is 4.03. The van der Waals surface area contributed by atoms with E-state index in [1.807, 2.05) is 13.0 Å². The van der Waals surface area contributed by atoms with Crippen LogP contribution in [0.3, 0.4) is 0 Å². The summed E-state index contributed by atoms with van der Waals surface area (Å²) < 4.78 is 5.90. The zero-order valence-corrected chi connectivity index (χ0v) is 9.44. The molecule has 0 spiro atoms. The van der Waals surface area contributed by atoms with Crippen molar-refractivity contribution in [3.63, 3.8) is 0 Å². The maximum atomic E-state index is 11.2. The molecule has 0 aromatic carbocycles. The van der Waals surface area contributed by atoms with Crippen LogP contribution >= 0.6 is 27.3 Å². The summed E-state index contributed by atoms with van der Waals surface area (Å²) in [4.78, 5) is 14.0. The lowest BCUT2D eigenvalue weighted by Crippen LogP contribution is -2.21. The Labute approximate surface area is 88.4 Å². The van der Waals surface area contributed by atoms with Gasteiger partial charge in [-0.2, -0.15) is 0 Å². The van der Waals surface area contributed by atoms with Gasteiger partial charge < -0.3 is 4.74 Å². The summed E-state index contributed by atoms with van der Waals surface area (Å²) >= 11 is 5.01. The zero-order valence-electron chi connectivity index (χ0n) is 7.04. The molecule has 1 amide bonds. The van der Waals surface area contributed by atoms with Gasteiger partial charge in [-0.25, -0.2) is 4.79 Å². The van der Waals surface area contributed by atoms with Gasteiger partial charge in [-0.3, -0.25) is 4.90 Å². The van der Waals surface area contributed by atoms with Crippen molar-refractivity contribution in [2.24, 2.45) is 0 Å². The van der Waals surface area contributed by atoms with Gasteiger partial charge in [0.1, 0.15) is 11.6 Å². The minimum absolute atomic E-state index is 0.242. The Morgan fingerprint density at radius 2 is 2.46 bits per heavy atom. The molecule has 0 N–H and O–H groups in total. The van der Waals surface area contributed by atoms with Crippen LogP contribution < -0.4 is 4.90 Å². The van der Waals surface area contributed by atoms with Gasteiger partial charge in [0.2, 0.25) is 0 Å². The maximum Gasteiger partial charge on any atom is 0.415 e. The predicted octanol–water partition coefficient (Wildman–Crippen LogP) is 2.78. The van der Waals surface area contributed by atoms with Crippen molar-refractivity contribution in [2.45, 2.75) is 6.92 Å². The first-order chi connectivity index (χ1) is 6.18. The number of carbonyl (C=O) groups is 1. The van der Waals surface area contributed by atoms with Gasteiger partial charge in [0.05, 0.1) is 6.54 Å². The Bertz CT molecular complexity index is 330. The van der Waals surface area contributed by atoms with E-state index in [9.17, 15) is 4.79 Å². The van der Waals surface area contributed by atoms with Crippen molar-refractivity contribution in [1.29, 1.82) is 0 Å². The van der Waals surface area contributed by atoms with Crippen LogP contribution in [0.1, 0.15) is 4.88 Å². The van der Waals surface area contributed by atoms with Crippen LogP contribution in [0.5, 0.6) is 0 Å². The summed E-state index contributed by atoms with van der Waals surface area (Å²) in [7, 11) is 0. The molecule has 0 saturated carbocycles. The second-order valence-electron chi connectivity index (χ2n) is 2.75. The van der Waals surface area contributed by atoms with Crippen LogP contribution in [0.4, 0.5) is 9.80 Å². The number of aryl methyl sites for hydroxylation is 1. The first-order valence-electron chi connectivity index (χ1n) is 3.88. The first kappa shape index (κ1) is 9.02. The SMILES string of the molecule is Cc1sc(N2CCOC2=O)cc1Br. The number of cyclic esters (lactones) is 1. The van der Waals surface area contributed by atoms with Crippen molar-refractivity contribution in [3.05, 3.63) is 15.4 Å². The van der Waals surface area contributed by atoms with E-state index in [0.717, 1.165) is 9.47 Å². The molecule has 3 nitrogen and oxygen atoms in total. The largest absolute Gasteiger partial charge is 0.447 e. The number of anilines is 1. The Kier molecular flexibility index (Phi) is 2.29. The summed E-state index contributed by atoms with van der Waals surface area (Å²) in [6, 6.07) is 1.95. The number of ether oxygens (including phenoxy) is 1. The molecule has 1 aromatic heterocycles. The molecule has 2 rings (SSSR count). The number of nitrogens with zero attached hydrogens (tertiary/aromatic N) is 1. The molecule has 0 bridgehead atoms. The molecule has 13 heavy (non-hydrogen) atoms. The van der Waals surface area contributed by atoms with Crippen LogP contribution in [0.2, 0.25) is 0 Å².